The first kappa shape index (κ1) is 17.5. The Kier molecular flexibility index (Phi) is 5.48. The second-order valence-corrected chi connectivity index (χ2v) is 5.89. The van der Waals surface area contributed by atoms with Gasteiger partial charge in [-0.2, -0.15) is 0 Å². The van der Waals surface area contributed by atoms with Gasteiger partial charge in [-0.15, -0.1) is 0 Å². The molecular weight excluding hydrogens is 330 g/mol. The minimum Gasteiger partial charge on any atom is -0.361 e. The number of nitrogens with zero attached hydrogens (tertiary/aromatic N) is 2. The number of guanidine groups is 1. The van der Waals surface area contributed by atoms with E-state index < -0.39 is 4.92 Å². The van der Waals surface area contributed by atoms with E-state index in [1.54, 1.807) is 19.2 Å². The van der Waals surface area contributed by atoms with Crippen molar-refractivity contribution in [2.24, 2.45) is 4.99 Å². The SMILES string of the molecule is CN=C(NCCc1c[nH]c2ccccc12)NCc1ccc([N+](=O)[O-])cc1. The van der Waals surface area contributed by atoms with Crippen molar-refractivity contribution in [2.75, 3.05) is 13.6 Å². The predicted molar refractivity (Wildman–Crippen MR) is 103 cm³/mol. The molecule has 0 aliphatic carbocycles. The zero-order chi connectivity index (χ0) is 18.4. The molecule has 1 aromatic heterocycles. The average Bonchev–Trinajstić information content (AvgIpc) is 3.08. The number of aromatic nitrogens is 1. The molecule has 2 aromatic carbocycles. The quantitative estimate of drug-likeness (QED) is 0.275. The number of fused-ring (bicyclic) bond motifs is 1. The largest absolute Gasteiger partial charge is 0.361 e. The lowest BCUT2D eigenvalue weighted by Gasteiger charge is -2.11. The van der Waals surface area contributed by atoms with Crippen LogP contribution in [0.15, 0.2) is 59.7 Å². The Labute approximate surface area is 151 Å². The van der Waals surface area contributed by atoms with Gasteiger partial charge in [-0.1, -0.05) is 30.3 Å². The normalized spacial score (nSPS) is 11.5. The number of para-hydroxylation sites is 1. The minimum atomic E-state index is -0.400. The number of H-pyrrole nitrogens is 1. The summed E-state index contributed by atoms with van der Waals surface area (Å²) in [6, 6.07) is 14.7. The molecule has 26 heavy (non-hydrogen) atoms. The van der Waals surface area contributed by atoms with Crippen molar-refractivity contribution in [1.82, 2.24) is 15.6 Å². The number of nitro benzene ring substituents is 1. The van der Waals surface area contributed by atoms with Crippen molar-refractivity contribution in [3.05, 3.63) is 76.0 Å². The van der Waals surface area contributed by atoms with Gasteiger partial charge >= 0.3 is 0 Å². The number of hydrogen-bond donors (Lipinski definition) is 3. The van der Waals surface area contributed by atoms with Crippen LogP contribution in [0.4, 0.5) is 5.69 Å². The molecule has 7 nitrogen and oxygen atoms in total. The van der Waals surface area contributed by atoms with Crippen LogP contribution >= 0.6 is 0 Å². The lowest BCUT2D eigenvalue weighted by molar-refractivity contribution is -0.384. The number of nitrogens with one attached hydrogen (secondary N) is 3. The van der Waals surface area contributed by atoms with Crippen LogP contribution in [-0.2, 0) is 13.0 Å². The molecule has 0 unspecified atom stereocenters. The molecule has 0 saturated carbocycles. The summed E-state index contributed by atoms with van der Waals surface area (Å²) in [7, 11) is 1.72. The first-order valence-corrected chi connectivity index (χ1v) is 8.40. The van der Waals surface area contributed by atoms with Gasteiger partial charge in [-0.3, -0.25) is 15.1 Å². The van der Waals surface area contributed by atoms with E-state index in [0.29, 0.717) is 12.5 Å². The van der Waals surface area contributed by atoms with Crippen LogP contribution in [0.1, 0.15) is 11.1 Å². The lowest BCUT2D eigenvalue weighted by atomic mass is 10.1. The molecule has 3 rings (SSSR count). The summed E-state index contributed by atoms with van der Waals surface area (Å²) in [6.45, 7) is 1.30. The highest BCUT2D eigenvalue weighted by Crippen LogP contribution is 2.17. The lowest BCUT2D eigenvalue weighted by Crippen LogP contribution is -2.37. The molecule has 0 aliphatic heterocycles. The van der Waals surface area contributed by atoms with Gasteiger partial charge in [0, 0.05) is 49.4 Å². The fourth-order valence-electron chi connectivity index (χ4n) is 2.80. The zero-order valence-electron chi connectivity index (χ0n) is 14.5. The molecule has 1 heterocycles. The van der Waals surface area contributed by atoms with Crippen LogP contribution in [0.2, 0.25) is 0 Å². The van der Waals surface area contributed by atoms with E-state index in [-0.39, 0.29) is 5.69 Å². The standard InChI is InChI=1S/C19H21N5O2/c1-20-19(23-12-14-6-8-16(9-7-14)24(25)26)21-11-10-15-13-22-18-5-3-2-4-17(15)18/h2-9,13,22H,10-12H2,1H3,(H2,20,21,23). The second kappa shape index (κ2) is 8.15. The van der Waals surface area contributed by atoms with Gasteiger partial charge in [0.15, 0.2) is 5.96 Å². The maximum absolute atomic E-state index is 10.7. The van der Waals surface area contributed by atoms with E-state index in [1.165, 1.54) is 23.1 Å². The number of nitro groups is 1. The Balaban J connectivity index is 1.49. The molecule has 0 atom stereocenters. The third-order valence-corrected chi connectivity index (χ3v) is 4.19. The number of aromatic amines is 1. The topological polar surface area (TPSA) is 95.3 Å². The van der Waals surface area contributed by atoms with E-state index in [1.807, 2.05) is 18.3 Å². The molecule has 3 aromatic rings. The zero-order valence-corrected chi connectivity index (χ0v) is 14.5. The van der Waals surface area contributed by atoms with Gasteiger partial charge in [-0.25, -0.2) is 0 Å². The summed E-state index contributed by atoms with van der Waals surface area (Å²) in [5.74, 6) is 0.697. The van der Waals surface area contributed by atoms with Crippen molar-refractivity contribution in [2.45, 2.75) is 13.0 Å². The number of aliphatic imine (C=N–C) groups is 1. The summed E-state index contributed by atoms with van der Waals surface area (Å²) < 4.78 is 0. The first-order valence-electron chi connectivity index (χ1n) is 8.40. The maximum Gasteiger partial charge on any atom is 0.269 e. The molecule has 7 heteroatoms. The predicted octanol–water partition coefficient (Wildman–Crippen LogP) is 2.98. The smallest absolute Gasteiger partial charge is 0.269 e. The van der Waals surface area contributed by atoms with Crippen molar-refractivity contribution in [3.63, 3.8) is 0 Å². The monoisotopic (exact) mass is 351 g/mol. The number of benzene rings is 2. The van der Waals surface area contributed by atoms with Gasteiger partial charge in [0.25, 0.3) is 5.69 Å². The summed E-state index contributed by atoms with van der Waals surface area (Å²) in [4.78, 5) is 17.8. The third kappa shape index (κ3) is 4.18. The van der Waals surface area contributed by atoms with Gasteiger partial charge < -0.3 is 15.6 Å². The summed E-state index contributed by atoms with van der Waals surface area (Å²) in [5.41, 5.74) is 3.45. The van der Waals surface area contributed by atoms with Crippen LogP contribution in [0, 0.1) is 10.1 Å². The molecule has 0 fully saturated rings. The Morgan fingerprint density at radius 2 is 1.92 bits per heavy atom. The molecule has 0 amide bonds. The molecule has 3 N–H and O–H groups in total. The average molecular weight is 351 g/mol. The van der Waals surface area contributed by atoms with E-state index in [2.05, 4.69) is 32.7 Å². The maximum atomic E-state index is 10.7. The first-order chi connectivity index (χ1) is 12.7. The van der Waals surface area contributed by atoms with E-state index in [9.17, 15) is 10.1 Å². The van der Waals surface area contributed by atoms with Crippen LogP contribution < -0.4 is 10.6 Å². The summed E-state index contributed by atoms with van der Waals surface area (Å²) in [6.07, 6.45) is 2.92. The van der Waals surface area contributed by atoms with E-state index >= 15 is 0 Å². The number of hydrogen-bond acceptors (Lipinski definition) is 3. The Hall–Kier alpha value is -3.35. The molecular formula is C19H21N5O2. The highest BCUT2D eigenvalue weighted by atomic mass is 16.6. The van der Waals surface area contributed by atoms with E-state index in [0.717, 1.165) is 24.0 Å². The molecule has 0 bridgehead atoms. The van der Waals surface area contributed by atoms with Crippen molar-refractivity contribution in [1.29, 1.82) is 0 Å². The van der Waals surface area contributed by atoms with Crippen LogP contribution in [0.3, 0.4) is 0 Å². The fraction of sp³-hybridized carbons (Fsp3) is 0.211. The van der Waals surface area contributed by atoms with Gasteiger partial charge in [-0.05, 0) is 23.6 Å². The molecule has 0 saturated heterocycles. The van der Waals surface area contributed by atoms with Gasteiger partial charge in [0.2, 0.25) is 0 Å². The highest BCUT2D eigenvalue weighted by Gasteiger charge is 2.05. The van der Waals surface area contributed by atoms with Crippen LogP contribution in [-0.4, -0.2) is 29.5 Å². The Bertz CT molecular complexity index is 915. The minimum absolute atomic E-state index is 0.0926. The number of rotatable bonds is 6. The molecule has 0 spiro atoms. The van der Waals surface area contributed by atoms with Crippen LogP contribution in [0.5, 0.6) is 0 Å². The second-order valence-electron chi connectivity index (χ2n) is 5.89. The number of non-ortho nitro benzene ring substituents is 1. The highest BCUT2D eigenvalue weighted by molar-refractivity contribution is 5.83. The van der Waals surface area contributed by atoms with Crippen molar-refractivity contribution >= 4 is 22.5 Å². The van der Waals surface area contributed by atoms with Crippen molar-refractivity contribution < 1.29 is 4.92 Å². The third-order valence-electron chi connectivity index (χ3n) is 4.19. The Morgan fingerprint density at radius 1 is 1.15 bits per heavy atom. The van der Waals surface area contributed by atoms with Crippen molar-refractivity contribution in [3.8, 4) is 0 Å². The van der Waals surface area contributed by atoms with Crippen LogP contribution in [0.25, 0.3) is 10.9 Å². The molecule has 134 valence electrons. The summed E-state index contributed by atoms with van der Waals surface area (Å²) in [5, 5.41) is 18.4. The van der Waals surface area contributed by atoms with E-state index in [4.69, 9.17) is 0 Å². The fourth-order valence-corrected chi connectivity index (χ4v) is 2.80. The molecule has 0 radical (unpaired) electrons. The summed E-state index contributed by atoms with van der Waals surface area (Å²) >= 11 is 0. The van der Waals surface area contributed by atoms with Gasteiger partial charge in [0.05, 0.1) is 4.92 Å². The van der Waals surface area contributed by atoms with Gasteiger partial charge in [0.1, 0.15) is 0 Å². The molecule has 0 aliphatic rings. The Morgan fingerprint density at radius 3 is 2.65 bits per heavy atom.